The van der Waals surface area contributed by atoms with E-state index in [2.05, 4.69) is 0 Å². The summed E-state index contributed by atoms with van der Waals surface area (Å²) < 4.78 is 5.10. The van der Waals surface area contributed by atoms with Crippen molar-refractivity contribution in [2.24, 2.45) is 0 Å². The molecule has 0 saturated carbocycles. The molecule has 0 aliphatic carbocycles. The van der Waals surface area contributed by atoms with E-state index in [1.165, 1.54) is 0 Å². The number of thiophene rings is 1. The van der Waals surface area contributed by atoms with Gasteiger partial charge < -0.3 is 4.74 Å². The highest BCUT2D eigenvalue weighted by Crippen LogP contribution is 2.16. The van der Waals surface area contributed by atoms with Crippen molar-refractivity contribution in [2.45, 2.75) is 25.9 Å². The molecule has 1 aromatic rings. The second-order valence-electron chi connectivity index (χ2n) is 3.39. The second kappa shape index (κ2) is 4.03. The molecule has 0 atom stereocenters. The van der Waals surface area contributed by atoms with E-state index in [0.717, 1.165) is 4.88 Å². The van der Waals surface area contributed by atoms with Crippen LogP contribution in [-0.2, 0) is 16.0 Å². The fourth-order valence-corrected chi connectivity index (χ4v) is 1.60. The van der Waals surface area contributed by atoms with Crippen molar-refractivity contribution >= 4 is 17.1 Å². The van der Waals surface area contributed by atoms with Gasteiger partial charge in [0.05, 0.1) is 0 Å². The van der Waals surface area contributed by atoms with Crippen LogP contribution in [0.1, 0.15) is 18.7 Å². The van der Waals surface area contributed by atoms with Crippen molar-refractivity contribution in [2.75, 3.05) is 7.11 Å². The maximum absolute atomic E-state index is 11.6. The Morgan fingerprint density at radius 3 is 2.77 bits per heavy atom. The first-order valence-electron chi connectivity index (χ1n) is 4.17. The maximum atomic E-state index is 11.6. The summed E-state index contributed by atoms with van der Waals surface area (Å²) in [5, 5.41) is 1.97. The summed E-state index contributed by atoms with van der Waals surface area (Å²) in [7, 11) is 1.56. The van der Waals surface area contributed by atoms with Gasteiger partial charge >= 0.3 is 0 Å². The Morgan fingerprint density at radius 2 is 2.31 bits per heavy atom. The molecule has 0 amide bonds. The number of carbonyl (C=O) groups is 1. The van der Waals surface area contributed by atoms with Crippen LogP contribution in [0.15, 0.2) is 17.5 Å². The lowest BCUT2D eigenvalue weighted by molar-refractivity contribution is -0.136. The minimum atomic E-state index is -0.663. The Kier molecular flexibility index (Phi) is 3.22. The van der Waals surface area contributed by atoms with E-state index in [-0.39, 0.29) is 5.78 Å². The van der Waals surface area contributed by atoms with Crippen molar-refractivity contribution < 1.29 is 9.53 Å². The molecule has 0 aliphatic rings. The fraction of sp³-hybridized carbons (Fsp3) is 0.500. The van der Waals surface area contributed by atoms with E-state index >= 15 is 0 Å². The van der Waals surface area contributed by atoms with Gasteiger partial charge in [0, 0.05) is 18.4 Å². The van der Waals surface area contributed by atoms with E-state index in [0.29, 0.717) is 6.42 Å². The van der Waals surface area contributed by atoms with E-state index in [4.69, 9.17) is 4.74 Å². The Hall–Kier alpha value is -0.670. The molecule has 0 aliphatic heterocycles. The maximum Gasteiger partial charge on any atom is 0.169 e. The summed E-state index contributed by atoms with van der Waals surface area (Å²) in [6.45, 7) is 3.59. The molecule has 0 radical (unpaired) electrons. The van der Waals surface area contributed by atoms with Crippen LogP contribution in [-0.4, -0.2) is 18.5 Å². The zero-order valence-electron chi connectivity index (χ0n) is 8.16. The van der Waals surface area contributed by atoms with Crippen molar-refractivity contribution in [3.63, 3.8) is 0 Å². The normalized spacial score (nSPS) is 11.6. The summed E-state index contributed by atoms with van der Waals surface area (Å²) in [5.41, 5.74) is -0.663. The van der Waals surface area contributed by atoms with Gasteiger partial charge in [0.25, 0.3) is 0 Å². The second-order valence-corrected chi connectivity index (χ2v) is 4.43. The Labute approximate surface area is 82.5 Å². The number of rotatable bonds is 4. The number of methoxy groups -OCH3 is 1. The number of carbonyl (C=O) groups excluding carboxylic acids is 1. The predicted octanol–water partition coefficient (Wildman–Crippen LogP) is 2.28. The summed E-state index contributed by atoms with van der Waals surface area (Å²) in [5.74, 6) is 0.123. The molecule has 0 N–H and O–H groups in total. The van der Waals surface area contributed by atoms with Gasteiger partial charge in [-0.25, -0.2) is 0 Å². The van der Waals surface area contributed by atoms with E-state index in [1.807, 2.05) is 17.5 Å². The average molecular weight is 198 g/mol. The molecule has 0 bridgehead atoms. The van der Waals surface area contributed by atoms with Crippen LogP contribution in [0.3, 0.4) is 0 Å². The van der Waals surface area contributed by atoms with Gasteiger partial charge in [0.2, 0.25) is 0 Å². The van der Waals surface area contributed by atoms with Crippen LogP contribution in [0.2, 0.25) is 0 Å². The third-order valence-corrected chi connectivity index (χ3v) is 2.97. The van der Waals surface area contributed by atoms with Gasteiger partial charge in [0.1, 0.15) is 5.60 Å². The molecule has 0 unspecified atom stereocenters. The van der Waals surface area contributed by atoms with Crippen LogP contribution in [0, 0.1) is 0 Å². The Morgan fingerprint density at radius 1 is 1.62 bits per heavy atom. The zero-order chi connectivity index (χ0) is 9.90. The van der Waals surface area contributed by atoms with Gasteiger partial charge in [-0.2, -0.15) is 0 Å². The smallest absolute Gasteiger partial charge is 0.169 e. The topological polar surface area (TPSA) is 26.3 Å². The summed E-state index contributed by atoms with van der Waals surface area (Å²) in [6, 6.07) is 3.92. The summed E-state index contributed by atoms with van der Waals surface area (Å²) >= 11 is 1.60. The van der Waals surface area contributed by atoms with Crippen LogP contribution in [0.5, 0.6) is 0 Å². The molecule has 3 heteroatoms. The van der Waals surface area contributed by atoms with Gasteiger partial charge in [0.15, 0.2) is 5.78 Å². The molecule has 1 rings (SSSR count). The number of Topliss-reactive ketones (excluding diaryl/α,β-unsaturated/α-hetero) is 1. The molecule has 2 nitrogen and oxygen atoms in total. The molecule has 0 aromatic carbocycles. The monoisotopic (exact) mass is 198 g/mol. The number of ketones is 1. The third-order valence-electron chi connectivity index (χ3n) is 2.10. The van der Waals surface area contributed by atoms with Crippen LogP contribution < -0.4 is 0 Å². The fourth-order valence-electron chi connectivity index (χ4n) is 0.898. The van der Waals surface area contributed by atoms with Crippen LogP contribution in [0.4, 0.5) is 0 Å². The van der Waals surface area contributed by atoms with Crippen molar-refractivity contribution in [1.82, 2.24) is 0 Å². The highest BCUT2D eigenvalue weighted by Gasteiger charge is 2.26. The lowest BCUT2D eigenvalue weighted by Crippen LogP contribution is -2.34. The van der Waals surface area contributed by atoms with E-state index < -0.39 is 5.60 Å². The van der Waals surface area contributed by atoms with Crippen LogP contribution in [0.25, 0.3) is 0 Å². The van der Waals surface area contributed by atoms with Crippen molar-refractivity contribution in [1.29, 1.82) is 0 Å². The number of ether oxygens (including phenoxy) is 1. The molecule has 0 fully saturated rings. The minimum Gasteiger partial charge on any atom is -0.371 e. The average Bonchev–Trinajstić information content (AvgIpc) is 2.57. The van der Waals surface area contributed by atoms with Crippen molar-refractivity contribution in [3.8, 4) is 0 Å². The molecule has 1 heterocycles. The summed E-state index contributed by atoms with van der Waals surface area (Å²) in [6.07, 6.45) is 0.471. The molecule has 13 heavy (non-hydrogen) atoms. The first kappa shape index (κ1) is 10.4. The lowest BCUT2D eigenvalue weighted by atomic mass is 10.0. The lowest BCUT2D eigenvalue weighted by Gasteiger charge is -2.20. The minimum absolute atomic E-state index is 0.123. The number of hydrogen-bond donors (Lipinski definition) is 0. The Balaban J connectivity index is 2.61. The van der Waals surface area contributed by atoms with Gasteiger partial charge in [-0.15, -0.1) is 11.3 Å². The first-order chi connectivity index (χ1) is 6.06. The SMILES string of the molecule is COC(C)(C)C(=O)Cc1cccs1. The standard InChI is InChI=1S/C10H14O2S/c1-10(2,12-3)9(11)7-8-5-4-6-13-8/h4-6H,7H2,1-3H3. The zero-order valence-corrected chi connectivity index (χ0v) is 8.98. The summed E-state index contributed by atoms with van der Waals surface area (Å²) in [4.78, 5) is 12.7. The molecular formula is C10H14O2S. The molecule has 0 spiro atoms. The highest BCUT2D eigenvalue weighted by atomic mass is 32.1. The molecule has 72 valence electrons. The van der Waals surface area contributed by atoms with Gasteiger partial charge in [-0.05, 0) is 25.3 Å². The predicted molar refractivity (Wildman–Crippen MR) is 54.1 cm³/mol. The van der Waals surface area contributed by atoms with Crippen LogP contribution >= 0.6 is 11.3 Å². The van der Waals surface area contributed by atoms with E-state index in [1.54, 1.807) is 32.3 Å². The molecular weight excluding hydrogens is 184 g/mol. The largest absolute Gasteiger partial charge is 0.371 e. The van der Waals surface area contributed by atoms with Gasteiger partial charge in [-0.3, -0.25) is 4.79 Å². The van der Waals surface area contributed by atoms with E-state index in [9.17, 15) is 4.79 Å². The molecule has 1 aromatic heterocycles. The highest BCUT2D eigenvalue weighted by molar-refractivity contribution is 7.10. The number of hydrogen-bond acceptors (Lipinski definition) is 3. The van der Waals surface area contributed by atoms with Crippen molar-refractivity contribution in [3.05, 3.63) is 22.4 Å². The first-order valence-corrected chi connectivity index (χ1v) is 5.05. The third kappa shape index (κ3) is 2.64. The Bertz CT molecular complexity index is 275. The molecule has 0 saturated heterocycles. The van der Waals surface area contributed by atoms with Gasteiger partial charge in [-0.1, -0.05) is 6.07 Å². The quantitative estimate of drug-likeness (QED) is 0.742.